The van der Waals surface area contributed by atoms with E-state index in [0.717, 1.165) is 17.7 Å². The summed E-state index contributed by atoms with van der Waals surface area (Å²) >= 11 is 0. The molecule has 1 aliphatic heterocycles. The van der Waals surface area contributed by atoms with E-state index in [-0.39, 0.29) is 35.6 Å². The van der Waals surface area contributed by atoms with Gasteiger partial charge in [0.05, 0.1) is 16.9 Å². The summed E-state index contributed by atoms with van der Waals surface area (Å²) in [5, 5.41) is 0. The van der Waals surface area contributed by atoms with Gasteiger partial charge in [-0.2, -0.15) is 0 Å². The SMILES string of the molecule is CC1(C)OB([C@H]2C[C@@H]2c2cccn(-c3ccncc3)c2=O)OC1(C)C. The Kier molecular flexibility index (Phi) is 3.67. The van der Waals surface area contributed by atoms with Crippen LogP contribution in [0.15, 0.2) is 47.7 Å². The molecule has 5 nitrogen and oxygen atoms in total. The second kappa shape index (κ2) is 5.54. The maximum Gasteiger partial charge on any atom is 0.461 e. The lowest BCUT2D eigenvalue weighted by atomic mass is 9.80. The fourth-order valence-corrected chi connectivity index (χ4v) is 3.44. The molecular formula is C19H23BN2O3. The van der Waals surface area contributed by atoms with E-state index < -0.39 is 0 Å². The Morgan fingerprint density at radius 1 is 1.12 bits per heavy atom. The van der Waals surface area contributed by atoms with Crippen molar-refractivity contribution in [3.05, 3.63) is 58.8 Å². The van der Waals surface area contributed by atoms with Crippen molar-refractivity contribution in [2.24, 2.45) is 0 Å². The van der Waals surface area contributed by atoms with Crippen LogP contribution < -0.4 is 5.56 Å². The lowest BCUT2D eigenvalue weighted by Gasteiger charge is -2.32. The van der Waals surface area contributed by atoms with Gasteiger partial charge in [-0.1, -0.05) is 6.07 Å². The third-order valence-corrected chi connectivity index (χ3v) is 5.78. The second-order valence-corrected chi connectivity index (χ2v) is 7.97. The quantitative estimate of drug-likeness (QED) is 0.807. The van der Waals surface area contributed by atoms with E-state index in [1.807, 2.05) is 24.3 Å². The Morgan fingerprint density at radius 3 is 2.40 bits per heavy atom. The van der Waals surface area contributed by atoms with Crippen molar-refractivity contribution in [3.8, 4) is 5.69 Å². The van der Waals surface area contributed by atoms with Gasteiger partial charge in [-0.05, 0) is 58.2 Å². The van der Waals surface area contributed by atoms with Gasteiger partial charge in [0.15, 0.2) is 0 Å². The Balaban J connectivity index is 1.59. The topological polar surface area (TPSA) is 53.4 Å². The minimum Gasteiger partial charge on any atom is -0.403 e. The summed E-state index contributed by atoms with van der Waals surface area (Å²) in [4.78, 5) is 16.9. The molecule has 130 valence electrons. The van der Waals surface area contributed by atoms with Gasteiger partial charge >= 0.3 is 7.12 Å². The molecular weight excluding hydrogens is 315 g/mol. The van der Waals surface area contributed by atoms with Gasteiger partial charge in [0.1, 0.15) is 0 Å². The molecule has 0 amide bonds. The van der Waals surface area contributed by atoms with Crippen molar-refractivity contribution in [1.82, 2.24) is 9.55 Å². The van der Waals surface area contributed by atoms with Crippen LogP contribution >= 0.6 is 0 Å². The second-order valence-electron chi connectivity index (χ2n) is 7.97. The number of pyridine rings is 2. The molecule has 0 bridgehead atoms. The molecule has 4 rings (SSSR count). The smallest absolute Gasteiger partial charge is 0.403 e. The Bertz CT molecular complexity index is 831. The van der Waals surface area contributed by atoms with Crippen LogP contribution in [-0.2, 0) is 9.31 Å². The zero-order chi connectivity index (χ0) is 17.8. The number of nitrogens with zero attached hydrogens (tertiary/aromatic N) is 2. The van der Waals surface area contributed by atoms with Gasteiger partial charge in [-0.15, -0.1) is 0 Å². The summed E-state index contributed by atoms with van der Waals surface area (Å²) < 4.78 is 14.0. The maximum atomic E-state index is 12.9. The molecule has 2 aromatic heterocycles. The van der Waals surface area contributed by atoms with Crippen molar-refractivity contribution in [2.75, 3.05) is 0 Å². The van der Waals surface area contributed by atoms with Crippen LogP contribution in [0.1, 0.15) is 45.6 Å². The highest BCUT2D eigenvalue weighted by Crippen LogP contribution is 2.57. The molecule has 2 atom stereocenters. The molecule has 0 N–H and O–H groups in total. The minimum absolute atomic E-state index is 0.0257. The van der Waals surface area contributed by atoms with Gasteiger partial charge < -0.3 is 9.31 Å². The zero-order valence-electron chi connectivity index (χ0n) is 15.1. The van der Waals surface area contributed by atoms with E-state index in [9.17, 15) is 4.79 Å². The Morgan fingerprint density at radius 2 is 1.76 bits per heavy atom. The van der Waals surface area contributed by atoms with E-state index in [4.69, 9.17) is 9.31 Å². The van der Waals surface area contributed by atoms with Gasteiger partial charge in [0, 0.05) is 30.0 Å². The highest BCUT2D eigenvalue weighted by atomic mass is 16.7. The largest absolute Gasteiger partial charge is 0.461 e. The first-order valence-electron chi connectivity index (χ1n) is 8.78. The van der Waals surface area contributed by atoms with Crippen LogP contribution in [0.25, 0.3) is 5.69 Å². The standard InChI is InChI=1S/C19H23BN2O3/c1-18(2)19(3,4)25-20(24-18)16-12-15(16)14-6-5-11-22(17(14)23)13-7-9-21-10-8-13/h5-11,15-16H,12H2,1-4H3/t15-,16+/m1/s1. The first kappa shape index (κ1) is 16.5. The van der Waals surface area contributed by atoms with E-state index in [1.165, 1.54) is 0 Å². The van der Waals surface area contributed by atoms with Crippen molar-refractivity contribution >= 4 is 7.12 Å². The summed E-state index contributed by atoms with van der Waals surface area (Å²) in [5.74, 6) is 0.429. The van der Waals surface area contributed by atoms with Crippen LogP contribution in [-0.4, -0.2) is 27.9 Å². The maximum absolute atomic E-state index is 12.9. The number of hydrogen-bond acceptors (Lipinski definition) is 4. The monoisotopic (exact) mass is 338 g/mol. The molecule has 1 aliphatic carbocycles. The molecule has 2 aliphatic rings. The van der Waals surface area contributed by atoms with Gasteiger partial charge in [0.25, 0.3) is 5.56 Å². The van der Waals surface area contributed by atoms with Gasteiger partial charge in [-0.3, -0.25) is 14.3 Å². The molecule has 3 heterocycles. The predicted octanol–water partition coefficient (Wildman–Crippen LogP) is 3.18. The summed E-state index contributed by atoms with van der Waals surface area (Å²) in [6, 6.07) is 7.53. The average molecular weight is 338 g/mol. The summed E-state index contributed by atoms with van der Waals surface area (Å²) in [6.45, 7) is 8.24. The normalized spacial score (nSPS) is 26.6. The molecule has 1 saturated carbocycles. The van der Waals surface area contributed by atoms with Crippen LogP contribution in [0, 0.1) is 0 Å². The Hall–Kier alpha value is -1.92. The molecule has 2 fully saturated rings. The highest BCUT2D eigenvalue weighted by molar-refractivity contribution is 6.49. The lowest BCUT2D eigenvalue weighted by Crippen LogP contribution is -2.41. The van der Waals surface area contributed by atoms with Crippen LogP contribution in [0.3, 0.4) is 0 Å². The summed E-state index contributed by atoms with van der Waals surface area (Å²) in [7, 11) is -0.246. The van der Waals surface area contributed by atoms with Crippen molar-refractivity contribution in [1.29, 1.82) is 0 Å². The molecule has 1 saturated heterocycles. The highest BCUT2D eigenvalue weighted by Gasteiger charge is 2.60. The summed E-state index contributed by atoms with van der Waals surface area (Å²) in [5.41, 5.74) is 1.02. The van der Waals surface area contributed by atoms with Crippen molar-refractivity contribution in [3.63, 3.8) is 0 Å². The van der Waals surface area contributed by atoms with E-state index >= 15 is 0 Å². The van der Waals surface area contributed by atoms with E-state index in [0.29, 0.717) is 0 Å². The molecule has 0 unspecified atom stereocenters. The molecule has 0 spiro atoms. The van der Waals surface area contributed by atoms with E-state index in [2.05, 4.69) is 32.7 Å². The predicted molar refractivity (Wildman–Crippen MR) is 97.0 cm³/mol. The fraction of sp³-hybridized carbons (Fsp3) is 0.474. The molecule has 2 aromatic rings. The van der Waals surface area contributed by atoms with E-state index in [1.54, 1.807) is 23.2 Å². The Labute approximate surface area is 148 Å². The number of hydrogen-bond donors (Lipinski definition) is 0. The van der Waals surface area contributed by atoms with Gasteiger partial charge in [-0.25, -0.2) is 0 Å². The molecule has 25 heavy (non-hydrogen) atoms. The number of aromatic nitrogens is 2. The lowest BCUT2D eigenvalue weighted by molar-refractivity contribution is 0.00578. The van der Waals surface area contributed by atoms with Gasteiger partial charge in [0.2, 0.25) is 0 Å². The minimum atomic E-state index is -0.335. The number of rotatable bonds is 3. The fourth-order valence-electron chi connectivity index (χ4n) is 3.44. The van der Waals surface area contributed by atoms with Crippen LogP contribution in [0.5, 0.6) is 0 Å². The van der Waals surface area contributed by atoms with Crippen molar-refractivity contribution < 1.29 is 9.31 Å². The summed E-state index contributed by atoms with van der Waals surface area (Å²) in [6.07, 6.45) is 6.11. The molecule has 6 heteroatoms. The first-order chi connectivity index (χ1) is 11.8. The third kappa shape index (κ3) is 2.73. The average Bonchev–Trinajstić information content (AvgIpc) is 3.31. The first-order valence-corrected chi connectivity index (χ1v) is 8.78. The zero-order valence-corrected chi connectivity index (χ0v) is 15.1. The molecule has 0 radical (unpaired) electrons. The third-order valence-electron chi connectivity index (χ3n) is 5.78. The van der Waals surface area contributed by atoms with Crippen LogP contribution in [0.2, 0.25) is 5.82 Å². The van der Waals surface area contributed by atoms with Crippen LogP contribution in [0.4, 0.5) is 0 Å². The molecule has 0 aromatic carbocycles. The van der Waals surface area contributed by atoms with Crippen molar-refractivity contribution in [2.45, 2.75) is 57.1 Å².